The quantitative estimate of drug-likeness (QED) is 0.794. The molecular weight excluding hydrogens is 312 g/mol. The number of amides is 1. The second-order valence-corrected chi connectivity index (χ2v) is 6.42. The monoisotopic (exact) mass is 334 g/mol. The average Bonchev–Trinajstić information content (AvgIpc) is 2.59. The highest BCUT2D eigenvalue weighted by atomic mass is 16.2. The minimum atomic E-state index is -0.174. The molecule has 0 aliphatic carbocycles. The molecule has 0 aliphatic rings. The van der Waals surface area contributed by atoms with Gasteiger partial charge in [-0.15, -0.1) is 0 Å². The van der Waals surface area contributed by atoms with Crippen LogP contribution in [0.4, 0.5) is 0 Å². The maximum Gasteiger partial charge on any atom is 0.251 e. The van der Waals surface area contributed by atoms with Gasteiger partial charge in [-0.25, -0.2) is 0 Å². The summed E-state index contributed by atoms with van der Waals surface area (Å²) >= 11 is 0. The summed E-state index contributed by atoms with van der Waals surface area (Å²) in [4.78, 5) is 25.0. The number of fused-ring (bicyclic) bond motifs is 1. The van der Waals surface area contributed by atoms with E-state index in [2.05, 4.69) is 5.32 Å². The SMILES string of the molecule is Cc1cc(=O)n(CC(=O)N[C@H](C)c2ccccc2)c2c(C)cccc12. The van der Waals surface area contributed by atoms with E-state index >= 15 is 0 Å². The van der Waals surface area contributed by atoms with E-state index in [1.807, 2.05) is 69.3 Å². The number of aromatic nitrogens is 1. The second-order valence-electron chi connectivity index (χ2n) is 6.42. The van der Waals surface area contributed by atoms with Gasteiger partial charge in [0.15, 0.2) is 0 Å². The van der Waals surface area contributed by atoms with Crippen molar-refractivity contribution >= 4 is 16.8 Å². The van der Waals surface area contributed by atoms with Crippen molar-refractivity contribution < 1.29 is 4.79 Å². The third-order valence-electron chi connectivity index (χ3n) is 4.52. The Bertz CT molecular complexity index is 974. The first-order chi connectivity index (χ1) is 12.0. The first-order valence-electron chi connectivity index (χ1n) is 8.41. The molecule has 4 nitrogen and oxygen atoms in total. The van der Waals surface area contributed by atoms with Gasteiger partial charge in [0.25, 0.3) is 5.56 Å². The minimum Gasteiger partial charge on any atom is -0.348 e. The first-order valence-corrected chi connectivity index (χ1v) is 8.41. The Morgan fingerprint density at radius 3 is 2.48 bits per heavy atom. The lowest BCUT2D eigenvalue weighted by molar-refractivity contribution is -0.122. The minimum absolute atomic E-state index is 0.0115. The van der Waals surface area contributed by atoms with E-state index in [-0.39, 0.29) is 24.1 Å². The molecule has 0 bridgehead atoms. The standard InChI is InChI=1S/C21H22N2O2/c1-14-8-7-11-18-15(2)12-20(25)23(21(14)18)13-19(24)22-16(3)17-9-5-4-6-10-17/h4-12,16H,13H2,1-3H3,(H,22,24)/t16-/m1/s1. The Balaban J connectivity index is 1.90. The van der Waals surface area contributed by atoms with Crippen molar-refractivity contribution in [3.05, 3.63) is 81.6 Å². The van der Waals surface area contributed by atoms with Crippen LogP contribution in [0.5, 0.6) is 0 Å². The lowest BCUT2D eigenvalue weighted by atomic mass is 10.1. The molecule has 1 amide bonds. The van der Waals surface area contributed by atoms with Crippen LogP contribution >= 0.6 is 0 Å². The summed E-state index contributed by atoms with van der Waals surface area (Å²) < 4.78 is 1.56. The van der Waals surface area contributed by atoms with E-state index in [0.717, 1.165) is 27.6 Å². The lowest BCUT2D eigenvalue weighted by Gasteiger charge is -2.17. The molecule has 0 saturated carbocycles. The summed E-state index contributed by atoms with van der Waals surface area (Å²) in [5.74, 6) is -0.174. The largest absolute Gasteiger partial charge is 0.348 e. The number of nitrogens with zero attached hydrogens (tertiary/aromatic N) is 1. The number of carbonyl (C=O) groups excluding carboxylic acids is 1. The fourth-order valence-electron chi connectivity index (χ4n) is 3.20. The highest BCUT2D eigenvalue weighted by Crippen LogP contribution is 2.20. The topological polar surface area (TPSA) is 51.1 Å². The molecule has 0 aliphatic heterocycles. The molecule has 0 unspecified atom stereocenters. The molecule has 1 aromatic heterocycles. The van der Waals surface area contributed by atoms with Crippen LogP contribution in [0.3, 0.4) is 0 Å². The zero-order valence-corrected chi connectivity index (χ0v) is 14.7. The molecule has 0 radical (unpaired) electrons. The van der Waals surface area contributed by atoms with Gasteiger partial charge < -0.3 is 5.32 Å². The highest BCUT2D eigenvalue weighted by molar-refractivity contribution is 5.87. The summed E-state index contributed by atoms with van der Waals surface area (Å²) in [6, 6.07) is 17.2. The van der Waals surface area contributed by atoms with E-state index in [1.165, 1.54) is 0 Å². The molecule has 1 N–H and O–H groups in total. The van der Waals surface area contributed by atoms with Crippen LogP contribution in [-0.4, -0.2) is 10.5 Å². The van der Waals surface area contributed by atoms with Crippen molar-refractivity contribution in [2.75, 3.05) is 0 Å². The number of hydrogen-bond acceptors (Lipinski definition) is 2. The Hall–Kier alpha value is -2.88. The molecule has 4 heteroatoms. The van der Waals surface area contributed by atoms with Gasteiger partial charge in [0, 0.05) is 11.5 Å². The number of benzene rings is 2. The van der Waals surface area contributed by atoms with Gasteiger partial charge in [0.2, 0.25) is 5.91 Å². The van der Waals surface area contributed by atoms with E-state index in [4.69, 9.17) is 0 Å². The Morgan fingerprint density at radius 2 is 1.76 bits per heavy atom. The summed E-state index contributed by atoms with van der Waals surface area (Å²) in [6.45, 7) is 5.83. The van der Waals surface area contributed by atoms with Crippen molar-refractivity contribution in [3.8, 4) is 0 Å². The molecule has 1 heterocycles. The summed E-state index contributed by atoms with van der Waals surface area (Å²) in [5, 5.41) is 3.98. The zero-order chi connectivity index (χ0) is 18.0. The molecule has 0 fully saturated rings. The van der Waals surface area contributed by atoms with E-state index in [0.29, 0.717) is 0 Å². The number of para-hydroxylation sites is 1. The summed E-state index contributed by atoms with van der Waals surface area (Å²) in [7, 11) is 0. The van der Waals surface area contributed by atoms with Crippen LogP contribution in [-0.2, 0) is 11.3 Å². The Labute approximate surface area is 147 Å². The number of carbonyl (C=O) groups is 1. The number of pyridine rings is 1. The molecule has 2 aromatic carbocycles. The molecule has 3 aromatic rings. The van der Waals surface area contributed by atoms with Gasteiger partial charge in [-0.1, -0.05) is 48.5 Å². The lowest BCUT2D eigenvalue weighted by Crippen LogP contribution is -2.34. The number of nitrogens with one attached hydrogen (secondary N) is 1. The van der Waals surface area contributed by atoms with Gasteiger partial charge in [0.05, 0.1) is 11.6 Å². The van der Waals surface area contributed by atoms with Crippen LogP contribution in [0.15, 0.2) is 59.4 Å². The van der Waals surface area contributed by atoms with Gasteiger partial charge >= 0.3 is 0 Å². The van der Waals surface area contributed by atoms with Crippen LogP contribution in [0.2, 0.25) is 0 Å². The zero-order valence-electron chi connectivity index (χ0n) is 14.7. The molecule has 3 rings (SSSR count). The fourth-order valence-corrected chi connectivity index (χ4v) is 3.20. The van der Waals surface area contributed by atoms with Crippen molar-refractivity contribution in [2.24, 2.45) is 0 Å². The smallest absolute Gasteiger partial charge is 0.251 e. The highest BCUT2D eigenvalue weighted by Gasteiger charge is 2.14. The molecule has 128 valence electrons. The van der Waals surface area contributed by atoms with E-state index < -0.39 is 0 Å². The van der Waals surface area contributed by atoms with Crippen LogP contribution in [0.25, 0.3) is 10.9 Å². The molecular formula is C21H22N2O2. The van der Waals surface area contributed by atoms with Crippen molar-refractivity contribution in [2.45, 2.75) is 33.4 Å². The van der Waals surface area contributed by atoms with Gasteiger partial charge in [-0.2, -0.15) is 0 Å². The molecule has 0 saturated heterocycles. The maximum absolute atomic E-state index is 12.5. The normalized spacial score (nSPS) is 12.1. The molecule has 25 heavy (non-hydrogen) atoms. The van der Waals surface area contributed by atoms with Crippen molar-refractivity contribution in [3.63, 3.8) is 0 Å². The summed E-state index contributed by atoms with van der Waals surface area (Å²) in [6.07, 6.45) is 0. The number of hydrogen-bond donors (Lipinski definition) is 1. The summed E-state index contributed by atoms with van der Waals surface area (Å²) in [5.41, 5.74) is 3.63. The maximum atomic E-state index is 12.5. The predicted octanol–water partition coefficient (Wildman–Crippen LogP) is 3.50. The Kier molecular flexibility index (Phi) is 4.70. The van der Waals surface area contributed by atoms with Gasteiger partial charge in [-0.3, -0.25) is 14.2 Å². The van der Waals surface area contributed by atoms with Gasteiger partial charge in [0.1, 0.15) is 6.54 Å². The van der Waals surface area contributed by atoms with E-state index in [9.17, 15) is 9.59 Å². The third-order valence-corrected chi connectivity index (χ3v) is 4.52. The number of rotatable bonds is 4. The number of aryl methyl sites for hydroxylation is 2. The molecule has 1 atom stereocenters. The Morgan fingerprint density at radius 1 is 1.04 bits per heavy atom. The predicted molar refractivity (Wildman–Crippen MR) is 101 cm³/mol. The van der Waals surface area contributed by atoms with Gasteiger partial charge in [-0.05, 0) is 37.5 Å². The second kappa shape index (κ2) is 6.93. The van der Waals surface area contributed by atoms with Crippen LogP contribution < -0.4 is 10.9 Å². The van der Waals surface area contributed by atoms with Crippen molar-refractivity contribution in [1.82, 2.24) is 9.88 Å². The van der Waals surface area contributed by atoms with Crippen molar-refractivity contribution in [1.29, 1.82) is 0 Å². The van der Waals surface area contributed by atoms with E-state index in [1.54, 1.807) is 10.6 Å². The first kappa shape index (κ1) is 17.0. The fraction of sp³-hybridized carbons (Fsp3) is 0.238. The molecule has 0 spiro atoms. The average molecular weight is 334 g/mol. The van der Waals surface area contributed by atoms with Crippen LogP contribution in [0.1, 0.15) is 29.7 Å². The third kappa shape index (κ3) is 3.48. The van der Waals surface area contributed by atoms with Crippen LogP contribution in [0, 0.1) is 13.8 Å².